The molecule has 0 saturated carbocycles. The number of halogens is 1. The normalized spacial score (nSPS) is 18.9. The van der Waals surface area contributed by atoms with Gasteiger partial charge in [-0.1, -0.05) is 69.6 Å². The minimum absolute atomic E-state index is 0.159. The fourth-order valence-electron chi connectivity index (χ4n) is 4.29. The van der Waals surface area contributed by atoms with Crippen molar-refractivity contribution in [1.29, 1.82) is 0 Å². The molecular weight excluding hydrogens is 506 g/mol. The van der Waals surface area contributed by atoms with E-state index in [4.69, 9.17) is 21.1 Å². The lowest BCUT2D eigenvalue weighted by atomic mass is 9.92. The van der Waals surface area contributed by atoms with Crippen LogP contribution in [-0.4, -0.2) is 55.7 Å². The van der Waals surface area contributed by atoms with Crippen molar-refractivity contribution in [3.8, 4) is 11.4 Å². The van der Waals surface area contributed by atoms with E-state index in [1.54, 1.807) is 16.8 Å². The molecule has 1 saturated heterocycles. The summed E-state index contributed by atoms with van der Waals surface area (Å²) in [4.78, 5) is 17.2. The van der Waals surface area contributed by atoms with Crippen LogP contribution in [0.2, 0.25) is 5.02 Å². The van der Waals surface area contributed by atoms with Gasteiger partial charge in [0, 0.05) is 22.6 Å². The molecule has 5 rings (SSSR count). The predicted octanol–water partition coefficient (Wildman–Crippen LogP) is 4.60. The molecule has 4 unspecified atom stereocenters. The maximum absolute atomic E-state index is 12.7. The highest BCUT2D eigenvalue weighted by molar-refractivity contribution is 6.34. The Kier molecular flexibility index (Phi) is 7.28. The molecule has 200 valence electrons. The van der Waals surface area contributed by atoms with Gasteiger partial charge in [0.15, 0.2) is 17.6 Å². The summed E-state index contributed by atoms with van der Waals surface area (Å²) < 4.78 is 12.8. The number of nitrogens with zero attached hydrogens (tertiary/aromatic N) is 3. The second-order valence-corrected chi connectivity index (χ2v) is 11.2. The molecule has 2 aromatic heterocycles. The fourth-order valence-corrected chi connectivity index (χ4v) is 4.74. The van der Waals surface area contributed by atoms with Crippen LogP contribution in [0, 0.1) is 5.92 Å². The van der Waals surface area contributed by atoms with Crippen LogP contribution in [0.15, 0.2) is 54.6 Å². The van der Waals surface area contributed by atoms with E-state index in [-0.39, 0.29) is 17.2 Å². The first-order valence-corrected chi connectivity index (χ1v) is 13.0. The van der Waals surface area contributed by atoms with Crippen LogP contribution in [-0.2, 0) is 26.3 Å². The molecule has 1 fully saturated rings. The van der Waals surface area contributed by atoms with E-state index in [9.17, 15) is 9.90 Å². The number of benzene rings is 2. The van der Waals surface area contributed by atoms with Crippen LogP contribution < -0.4 is 5.32 Å². The minimum atomic E-state index is -0.800. The number of epoxide rings is 1. The molecule has 1 amide bonds. The van der Waals surface area contributed by atoms with Gasteiger partial charge in [-0.15, -0.1) is 5.10 Å². The summed E-state index contributed by atoms with van der Waals surface area (Å²) in [5.74, 6) is 0.0462. The number of hydrogen-bond acceptors (Lipinski definition) is 6. The maximum atomic E-state index is 12.7. The largest absolute Gasteiger partial charge is 0.390 e. The average Bonchev–Trinajstić information content (AvgIpc) is 3.48. The predicted molar refractivity (Wildman–Crippen MR) is 145 cm³/mol. The number of hydrogen-bond donors (Lipinski definition) is 3. The van der Waals surface area contributed by atoms with Crippen LogP contribution >= 0.6 is 11.6 Å². The molecule has 38 heavy (non-hydrogen) atoms. The van der Waals surface area contributed by atoms with Crippen molar-refractivity contribution >= 4 is 28.8 Å². The number of aliphatic hydroxyl groups is 1. The molecule has 0 bridgehead atoms. The highest BCUT2D eigenvalue weighted by Crippen LogP contribution is 2.33. The smallest absolute Gasteiger partial charge is 0.256 e. The summed E-state index contributed by atoms with van der Waals surface area (Å²) in [6.07, 6.45) is -2.05. The van der Waals surface area contributed by atoms with Crippen molar-refractivity contribution in [2.75, 3.05) is 11.9 Å². The van der Waals surface area contributed by atoms with Crippen molar-refractivity contribution < 1.29 is 19.4 Å². The summed E-state index contributed by atoms with van der Waals surface area (Å²) in [6.45, 7) is 8.92. The van der Waals surface area contributed by atoms with Crippen molar-refractivity contribution in [3.63, 3.8) is 0 Å². The van der Waals surface area contributed by atoms with Crippen LogP contribution in [0.4, 0.5) is 5.69 Å². The molecule has 4 atom stereocenters. The number of aliphatic hydroxyl groups excluding tert-OH is 1. The van der Waals surface area contributed by atoms with Gasteiger partial charge in [0.25, 0.3) is 5.91 Å². The lowest BCUT2D eigenvalue weighted by Gasteiger charge is -2.17. The first-order valence-electron chi connectivity index (χ1n) is 12.6. The summed E-state index contributed by atoms with van der Waals surface area (Å²) in [6, 6.07) is 17.1. The standard InChI is InChI=1S/C28H32ClN5O4/c1-16(14-37-15-17-8-6-5-7-9-17)21(35)22-23(38-22)27(36)30-19-12-10-18(11-13-19)25-31-26-20(29)24(28(2,3)4)32-34(26)33-25/h5-13,16,21-23,32,35H,14-15H2,1-4H3,(H,30,36). The number of anilines is 1. The van der Waals surface area contributed by atoms with E-state index in [1.165, 1.54) is 0 Å². The number of nitrogens with one attached hydrogen (secondary N) is 2. The van der Waals surface area contributed by atoms with Gasteiger partial charge in [-0.3, -0.25) is 9.89 Å². The highest BCUT2D eigenvalue weighted by atomic mass is 35.5. The molecule has 0 spiro atoms. The number of amides is 1. The summed E-state index contributed by atoms with van der Waals surface area (Å²) in [7, 11) is 0. The minimum Gasteiger partial charge on any atom is -0.390 e. The van der Waals surface area contributed by atoms with Crippen LogP contribution in [0.25, 0.3) is 17.0 Å². The topological polar surface area (TPSA) is 117 Å². The molecule has 3 N–H and O–H groups in total. The molecule has 0 aliphatic carbocycles. The maximum Gasteiger partial charge on any atom is 0.256 e. The monoisotopic (exact) mass is 537 g/mol. The number of H-pyrrole nitrogens is 1. The Labute approximate surface area is 226 Å². The zero-order chi connectivity index (χ0) is 27.0. The fraction of sp³-hybridized carbons (Fsp3) is 0.393. The third-order valence-corrected chi connectivity index (χ3v) is 6.96. The number of carbonyl (C=O) groups is 1. The molecule has 2 aromatic carbocycles. The Morgan fingerprint density at radius 2 is 1.92 bits per heavy atom. The van der Waals surface area contributed by atoms with E-state index >= 15 is 0 Å². The molecule has 10 heteroatoms. The quantitative estimate of drug-likeness (QED) is 0.269. The van der Waals surface area contributed by atoms with E-state index in [0.29, 0.717) is 35.4 Å². The summed E-state index contributed by atoms with van der Waals surface area (Å²) in [5.41, 5.74) is 3.75. The van der Waals surface area contributed by atoms with Crippen molar-refractivity contribution in [3.05, 3.63) is 70.9 Å². The molecule has 3 heterocycles. The number of ether oxygens (including phenoxy) is 2. The second-order valence-electron chi connectivity index (χ2n) is 10.8. The van der Waals surface area contributed by atoms with Gasteiger partial charge >= 0.3 is 0 Å². The SMILES string of the molecule is CC(COCc1ccccc1)C(O)C1OC1C(=O)Nc1ccc(-c2nc3c(Cl)c(C(C)(C)C)[nH]n3n2)cc1. The van der Waals surface area contributed by atoms with Crippen molar-refractivity contribution in [2.24, 2.45) is 5.92 Å². The van der Waals surface area contributed by atoms with Gasteiger partial charge in [-0.2, -0.15) is 4.63 Å². The number of carbonyl (C=O) groups excluding carboxylic acids is 1. The Balaban J connectivity index is 1.13. The van der Waals surface area contributed by atoms with Gasteiger partial charge in [0.05, 0.1) is 25.0 Å². The first-order chi connectivity index (χ1) is 18.1. The second kappa shape index (κ2) is 10.5. The van der Waals surface area contributed by atoms with Crippen molar-refractivity contribution in [1.82, 2.24) is 19.8 Å². The van der Waals surface area contributed by atoms with E-state index < -0.39 is 18.3 Å². The van der Waals surface area contributed by atoms with Crippen molar-refractivity contribution in [2.45, 2.75) is 58.0 Å². The lowest BCUT2D eigenvalue weighted by Crippen LogP contribution is -2.31. The number of fused-ring (bicyclic) bond motifs is 1. The van der Waals surface area contributed by atoms with E-state index in [2.05, 4.69) is 41.3 Å². The molecular formula is C28H32ClN5O4. The Morgan fingerprint density at radius 3 is 2.58 bits per heavy atom. The van der Waals surface area contributed by atoms with E-state index in [1.807, 2.05) is 49.4 Å². The molecule has 4 aromatic rings. The number of aromatic nitrogens is 4. The first kappa shape index (κ1) is 26.4. The Hall–Kier alpha value is -3.24. The van der Waals surface area contributed by atoms with Crippen LogP contribution in [0.3, 0.4) is 0 Å². The zero-order valence-electron chi connectivity index (χ0n) is 21.8. The Morgan fingerprint density at radius 1 is 1.21 bits per heavy atom. The number of rotatable bonds is 9. The van der Waals surface area contributed by atoms with Gasteiger partial charge in [-0.25, -0.2) is 4.98 Å². The van der Waals surface area contributed by atoms with Gasteiger partial charge in [-0.05, 0) is 29.8 Å². The van der Waals surface area contributed by atoms with Crippen LogP contribution in [0.1, 0.15) is 39.0 Å². The third kappa shape index (κ3) is 5.61. The van der Waals surface area contributed by atoms with Gasteiger partial charge in [0.1, 0.15) is 11.1 Å². The number of aromatic amines is 1. The summed E-state index contributed by atoms with van der Waals surface area (Å²) >= 11 is 6.53. The summed E-state index contributed by atoms with van der Waals surface area (Å²) in [5, 5.41) is 21.7. The average molecular weight is 538 g/mol. The van der Waals surface area contributed by atoms with Crippen LogP contribution in [0.5, 0.6) is 0 Å². The zero-order valence-corrected chi connectivity index (χ0v) is 22.6. The molecule has 9 nitrogen and oxygen atoms in total. The highest BCUT2D eigenvalue weighted by Gasteiger charge is 2.51. The van der Waals surface area contributed by atoms with E-state index in [0.717, 1.165) is 16.8 Å². The molecule has 1 aliphatic rings. The lowest BCUT2D eigenvalue weighted by molar-refractivity contribution is -0.117. The van der Waals surface area contributed by atoms with Gasteiger partial charge < -0.3 is 19.9 Å². The molecule has 1 aliphatic heterocycles. The Bertz CT molecular complexity index is 1410. The van der Waals surface area contributed by atoms with Gasteiger partial charge in [0.2, 0.25) is 0 Å². The molecule has 0 radical (unpaired) electrons. The third-order valence-electron chi connectivity index (χ3n) is 6.60.